The Hall–Kier alpha value is -1.46. The van der Waals surface area contributed by atoms with Gasteiger partial charge in [0.1, 0.15) is 5.82 Å². The second kappa shape index (κ2) is 6.36. The Kier molecular flexibility index (Phi) is 4.32. The van der Waals surface area contributed by atoms with E-state index in [-0.39, 0.29) is 35.1 Å². The lowest BCUT2D eigenvalue weighted by atomic mass is 9.50. The Bertz CT molecular complexity index is 627. The van der Waals surface area contributed by atoms with E-state index >= 15 is 0 Å². The topological polar surface area (TPSA) is 60.8 Å². The Labute approximate surface area is 147 Å². The predicted octanol–water partition coefficient (Wildman–Crippen LogP) is 2.23. The van der Waals surface area contributed by atoms with Gasteiger partial charge in [-0.3, -0.25) is 4.79 Å². The lowest BCUT2D eigenvalue weighted by molar-refractivity contribution is -0.146. The summed E-state index contributed by atoms with van der Waals surface area (Å²) in [5, 5.41) is 19.8. The normalized spacial score (nSPS) is 35.3. The number of carbonyl (C=O) groups is 1. The highest BCUT2D eigenvalue weighted by atomic mass is 19.1. The number of hydrogen-bond acceptors (Lipinski definition) is 3. The highest BCUT2D eigenvalue weighted by molar-refractivity contribution is 5.79. The van der Waals surface area contributed by atoms with Crippen LogP contribution in [-0.2, 0) is 10.2 Å². The van der Waals surface area contributed by atoms with Gasteiger partial charge in [-0.1, -0.05) is 18.6 Å². The largest absolute Gasteiger partial charge is 0.393 e. The molecule has 25 heavy (non-hydrogen) atoms. The van der Waals surface area contributed by atoms with Crippen LogP contribution >= 0.6 is 0 Å². The van der Waals surface area contributed by atoms with E-state index < -0.39 is 6.10 Å². The van der Waals surface area contributed by atoms with E-state index in [2.05, 4.69) is 0 Å². The molecule has 136 valence electrons. The average molecular weight is 347 g/mol. The smallest absolute Gasteiger partial charge is 0.223 e. The Morgan fingerprint density at radius 3 is 2.24 bits per heavy atom. The summed E-state index contributed by atoms with van der Waals surface area (Å²) in [5.74, 6) is 0.297. The first kappa shape index (κ1) is 17.0. The lowest BCUT2D eigenvalue weighted by Crippen LogP contribution is -2.58. The fourth-order valence-corrected chi connectivity index (χ4v) is 5.51. The number of β-amino-alcohol motifs (C(OH)–C–C–N with tert-alkyl or cyclic N) is 1. The van der Waals surface area contributed by atoms with Gasteiger partial charge >= 0.3 is 0 Å². The number of aliphatic hydroxyl groups is 2. The number of aliphatic hydroxyl groups excluding tert-OH is 2. The molecular formula is C20H26FNO3. The van der Waals surface area contributed by atoms with Gasteiger partial charge in [-0.2, -0.15) is 0 Å². The second-order valence-electron chi connectivity index (χ2n) is 8.13. The number of halogens is 1. The summed E-state index contributed by atoms with van der Waals surface area (Å²) < 4.78 is 13.5. The van der Waals surface area contributed by atoms with E-state index in [0.29, 0.717) is 32.4 Å². The van der Waals surface area contributed by atoms with Crippen molar-refractivity contribution in [1.29, 1.82) is 0 Å². The average Bonchev–Trinajstić information content (AvgIpc) is 2.53. The molecule has 0 spiro atoms. The number of amides is 1. The third-order valence-corrected chi connectivity index (χ3v) is 6.72. The maximum atomic E-state index is 13.5. The van der Waals surface area contributed by atoms with E-state index in [1.807, 2.05) is 12.1 Å². The number of fused-ring (bicyclic) bond motifs is 2. The number of hydrogen-bond donors (Lipinski definition) is 2. The summed E-state index contributed by atoms with van der Waals surface area (Å²) in [4.78, 5) is 14.6. The molecule has 1 amide bonds. The van der Waals surface area contributed by atoms with Crippen LogP contribution in [0.15, 0.2) is 24.3 Å². The molecule has 2 saturated carbocycles. The summed E-state index contributed by atoms with van der Waals surface area (Å²) in [6.45, 7) is 0.826. The van der Waals surface area contributed by atoms with Gasteiger partial charge in [0.05, 0.1) is 12.2 Å². The van der Waals surface area contributed by atoms with Crippen LogP contribution in [0, 0.1) is 17.7 Å². The number of likely N-dealkylation sites (tertiary alicyclic amines) is 1. The van der Waals surface area contributed by atoms with E-state index in [1.54, 1.807) is 4.90 Å². The van der Waals surface area contributed by atoms with Crippen molar-refractivity contribution in [2.24, 2.45) is 11.8 Å². The molecular weight excluding hydrogens is 321 g/mol. The van der Waals surface area contributed by atoms with Crippen LogP contribution in [0.3, 0.4) is 0 Å². The minimum absolute atomic E-state index is 0.0721. The van der Waals surface area contributed by atoms with Gasteiger partial charge in [-0.15, -0.1) is 0 Å². The van der Waals surface area contributed by atoms with Crippen molar-refractivity contribution < 1.29 is 19.4 Å². The molecule has 4 rings (SSSR count). The van der Waals surface area contributed by atoms with Gasteiger partial charge in [0.15, 0.2) is 0 Å². The van der Waals surface area contributed by atoms with Gasteiger partial charge in [0.25, 0.3) is 0 Å². The summed E-state index contributed by atoms with van der Waals surface area (Å²) in [5.41, 5.74) is 0.716. The van der Waals surface area contributed by atoms with Crippen LogP contribution in [0.4, 0.5) is 4.39 Å². The summed E-state index contributed by atoms with van der Waals surface area (Å²) in [6.07, 6.45) is 4.24. The number of benzene rings is 1. The molecule has 2 bridgehead atoms. The molecule has 3 fully saturated rings. The summed E-state index contributed by atoms with van der Waals surface area (Å²) in [6, 6.07) is 6.62. The molecule has 2 atom stereocenters. The zero-order valence-corrected chi connectivity index (χ0v) is 14.4. The molecule has 0 aromatic heterocycles. The van der Waals surface area contributed by atoms with E-state index in [9.17, 15) is 19.4 Å². The number of rotatable bonds is 3. The van der Waals surface area contributed by atoms with Gasteiger partial charge in [0.2, 0.25) is 5.91 Å². The molecule has 1 aliphatic heterocycles. The highest BCUT2D eigenvalue weighted by Crippen LogP contribution is 2.56. The van der Waals surface area contributed by atoms with Crippen LogP contribution in [0.2, 0.25) is 0 Å². The molecule has 1 aromatic rings. The van der Waals surface area contributed by atoms with Crippen LogP contribution in [0.25, 0.3) is 0 Å². The van der Waals surface area contributed by atoms with Gasteiger partial charge in [0, 0.05) is 24.9 Å². The standard InChI is InChI=1S/C20H26FNO3/c21-16-6-4-13(5-7-16)20(10-19(25)22-11-18(24)12-22)14-2-1-3-15(20)9-17(23)8-14/h4-7,14-15,17-18,23-24H,1-3,8-12H2. The zero-order valence-electron chi connectivity index (χ0n) is 14.4. The minimum Gasteiger partial charge on any atom is -0.393 e. The van der Waals surface area contributed by atoms with Crippen molar-refractivity contribution in [3.63, 3.8) is 0 Å². The molecule has 5 heteroatoms. The van der Waals surface area contributed by atoms with Crippen LogP contribution in [0.5, 0.6) is 0 Å². The van der Waals surface area contributed by atoms with Crippen molar-refractivity contribution in [2.45, 2.75) is 56.1 Å². The van der Waals surface area contributed by atoms with Gasteiger partial charge in [-0.05, 0) is 55.2 Å². The molecule has 2 aliphatic carbocycles. The molecule has 2 N–H and O–H groups in total. The molecule has 3 aliphatic rings. The Balaban J connectivity index is 1.70. The Morgan fingerprint density at radius 1 is 1.08 bits per heavy atom. The molecule has 1 saturated heterocycles. The van der Waals surface area contributed by atoms with Gasteiger partial charge in [-0.25, -0.2) is 4.39 Å². The SMILES string of the molecule is O=C(CC1(c2ccc(F)cc2)C2CCCC1CC(O)C2)N1CC(O)C1. The highest BCUT2D eigenvalue weighted by Gasteiger charge is 2.54. The van der Waals surface area contributed by atoms with E-state index in [1.165, 1.54) is 12.1 Å². The van der Waals surface area contributed by atoms with Crippen molar-refractivity contribution in [3.8, 4) is 0 Å². The number of nitrogens with zero attached hydrogens (tertiary/aromatic N) is 1. The summed E-state index contributed by atoms with van der Waals surface area (Å²) >= 11 is 0. The maximum absolute atomic E-state index is 13.5. The third-order valence-electron chi connectivity index (χ3n) is 6.72. The Morgan fingerprint density at radius 2 is 1.68 bits per heavy atom. The predicted molar refractivity (Wildman–Crippen MR) is 91.4 cm³/mol. The van der Waals surface area contributed by atoms with Crippen molar-refractivity contribution in [2.75, 3.05) is 13.1 Å². The van der Waals surface area contributed by atoms with E-state index in [4.69, 9.17) is 0 Å². The molecule has 4 nitrogen and oxygen atoms in total. The van der Waals surface area contributed by atoms with E-state index in [0.717, 1.165) is 24.8 Å². The zero-order chi connectivity index (χ0) is 17.6. The fraction of sp³-hybridized carbons (Fsp3) is 0.650. The first-order valence-electron chi connectivity index (χ1n) is 9.39. The molecule has 1 heterocycles. The molecule has 1 aromatic carbocycles. The third kappa shape index (κ3) is 2.87. The van der Waals surface area contributed by atoms with Crippen LogP contribution in [-0.4, -0.2) is 46.3 Å². The van der Waals surface area contributed by atoms with Gasteiger partial charge < -0.3 is 15.1 Å². The maximum Gasteiger partial charge on any atom is 0.223 e. The van der Waals surface area contributed by atoms with Crippen LogP contribution in [0.1, 0.15) is 44.1 Å². The first-order chi connectivity index (χ1) is 12.0. The summed E-state index contributed by atoms with van der Waals surface area (Å²) in [7, 11) is 0. The van der Waals surface area contributed by atoms with Crippen molar-refractivity contribution >= 4 is 5.91 Å². The lowest BCUT2D eigenvalue weighted by Gasteiger charge is -2.55. The number of carbonyl (C=O) groups excluding carboxylic acids is 1. The monoisotopic (exact) mass is 347 g/mol. The fourth-order valence-electron chi connectivity index (χ4n) is 5.51. The van der Waals surface area contributed by atoms with Crippen molar-refractivity contribution in [1.82, 2.24) is 4.90 Å². The quantitative estimate of drug-likeness (QED) is 0.881. The molecule has 0 radical (unpaired) electrons. The molecule has 2 unspecified atom stereocenters. The van der Waals surface area contributed by atoms with Crippen molar-refractivity contribution in [3.05, 3.63) is 35.6 Å². The minimum atomic E-state index is -0.404. The first-order valence-corrected chi connectivity index (χ1v) is 9.39. The van der Waals surface area contributed by atoms with Crippen LogP contribution < -0.4 is 0 Å². The second-order valence-corrected chi connectivity index (χ2v) is 8.13.